The molecule has 0 spiro atoms. The Morgan fingerprint density at radius 1 is 1.09 bits per heavy atom. The Labute approximate surface area is 260 Å². The van der Waals surface area contributed by atoms with Crippen LogP contribution in [0.4, 0.5) is 5.69 Å². The zero-order valence-corrected chi connectivity index (χ0v) is 26.1. The molecule has 5 N–H and O–H groups in total. The Morgan fingerprint density at radius 3 is 2.52 bits per heavy atom. The van der Waals surface area contributed by atoms with Crippen molar-refractivity contribution in [3.05, 3.63) is 82.9 Å². The molecule has 4 aromatic rings. The molecule has 2 aromatic heterocycles. The average Bonchev–Trinajstić information content (AvgIpc) is 3.48. The van der Waals surface area contributed by atoms with Crippen LogP contribution in [0.5, 0.6) is 0 Å². The number of benzene rings is 2. The summed E-state index contributed by atoms with van der Waals surface area (Å²) < 4.78 is 0. The number of nitrogen functional groups attached to an aromatic ring is 1. The van der Waals surface area contributed by atoms with Gasteiger partial charge >= 0.3 is 0 Å². The number of imidazole rings is 1. The summed E-state index contributed by atoms with van der Waals surface area (Å²) in [5.74, 6) is 7.28. The van der Waals surface area contributed by atoms with Crippen LogP contribution in [0, 0.1) is 24.2 Å². The number of piperazine rings is 1. The molecule has 2 aliphatic rings. The summed E-state index contributed by atoms with van der Waals surface area (Å²) in [6, 6.07) is 12.4. The number of nitrogens with one attached hydrogen (secondary N) is 3. The van der Waals surface area contributed by atoms with E-state index < -0.39 is 0 Å². The summed E-state index contributed by atoms with van der Waals surface area (Å²) in [5.41, 5.74) is 16.5. The Morgan fingerprint density at radius 2 is 1.82 bits per heavy atom. The smallest absolute Gasteiger partial charge is 0.128 e. The second-order valence-corrected chi connectivity index (χ2v) is 12.2. The highest BCUT2D eigenvalue weighted by Gasteiger charge is 2.23. The third-order valence-corrected chi connectivity index (χ3v) is 8.90. The number of nitrogens with zero attached hydrogens (tertiary/aromatic N) is 4. The van der Waals surface area contributed by atoms with Crippen LogP contribution in [-0.4, -0.2) is 70.2 Å². The van der Waals surface area contributed by atoms with E-state index in [1.165, 1.54) is 11.1 Å². The summed E-state index contributed by atoms with van der Waals surface area (Å²) in [4.78, 5) is 17.6. The molecule has 8 heteroatoms. The van der Waals surface area contributed by atoms with Crippen LogP contribution in [-0.2, 0) is 12.8 Å². The number of fused-ring (bicyclic) bond motifs is 3. The Balaban J connectivity index is 1.29. The van der Waals surface area contributed by atoms with Gasteiger partial charge in [0.15, 0.2) is 0 Å². The third kappa shape index (κ3) is 6.12. The number of pyridine rings is 1. The van der Waals surface area contributed by atoms with Crippen molar-refractivity contribution in [1.29, 1.82) is 5.41 Å². The molecule has 2 aromatic carbocycles. The van der Waals surface area contributed by atoms with Crippen LogP contribution in [0.15, 0.2) is 49.2 Å². The van der Waals surface area contributed by atoms with E-state index in [2.05, 4.69) is 81.7 Å². The molecule has 226 valence electrons. The van der Waals surface area contributed by atoms with Gasteiger partial charge in [0, 0.05) is 66.0 Å². The maximum Gasteiger partial charge on any atom is 0.128 e. The highest BCUT2D eigenvalue weighted by atomic mass is 15.2. The first-order valence-corrected chi connectivity index (χ1v) is 15.6. The van der Waals surface area contributed by atoms with E-state index in [0.717, 1.165) is 102 Å². The van der Waals surface area contributed by atoms with E-state index in [1.54, 1.807) is 0 Å². The summed E-state index contributed by atoms with van der Waals surface area (Å²) in [7, 11) is 2.15. The maximum atomic E-state index is 8.98. The van der Waals surface area contributed by atoms with Crippen molar-refractivity contribution < 1.29 is 0 Å². The molecule has 0 amide bonds. The number of rotatable bonds is 7. The van der Waals surface area contributed by atoms with Crippen LogP contribution in [0.2, 0.25) is 0 Å². The molecule has 1 atom stereocenters. The molecule has 1 unspecified atom stereocenters. The Kier molecular flexibility index (Phi) is 8.51. The Hall–Kier alpha value is -4.45. The maximum absolute atomic E-state index is 8.98. The van der Waals surface area contributed by atoms with Crippen LogP contribution in [0.25, 0.3) is 27.9 Å². The number of hydrogen-bond donors (Lipinski definition) is 4. The van der Waals surface area contributed by atoms with Crippen molar-refractivity contribution in [2.24, 2.45) is 0 Å². The second-order valence-electron chi connectivity index (χ2n) is 12.2. The molecule has 0 saturated carbocycles. The Bertz CT molecular complexity index is 1760. The number of hydrogen-bond acceptors (Lipinski definition) is 7. The van der Waals surface area contributed by atoms with E-state index >= 15 is 0 Å². The summed E-state index contributed by atoms with van der Waals surface area (Å²) in [6.45, 7) is 13.1. The highest BCUT2D eigenvalue weighted by molar-refractivity contribution is 6.21. The van der Waals surface area contributed by atoms with Gasteiger partial charge in [0.1, 0.15) is 11.5 Å². The number of aryl methyl sites for hydroxylation is 2. The number of anilines is 1. The first-order chi connectivity index (χ1) is 21.3. The number of H-pyrrole nitrogens is 1. The van der Waals surface area contributed by atoms with Crippen LogP contribution >= 0.6 is 0 Å². The summed E-state index contributed by atoms with van der Waals surface area (Å²) in [5, 5.41) is 13.4. The van der Waals surface area contributed by atoms with Gasteiger partial charge in [-0.15, -0.1) is 0 Å². The van der Waals surface area contributed by atoms with Crippen molar-refractivity contribution in [2.45, 2.75) is 45.6 Å². The third-order valence-electron chi connectivity index (χ3n) is 8.90. The van der Waals surface area contributed by atoms with Crippen LogP contribution in [0.3, 0.4) is 0 Å². The first-order valence-electron chi connectivity index (χ1n) is 15.6. The fourth-order valence-electron chi connectivity index (χ4n) is 6.35. The minimum atomic E-state index is 0.0156. The van der Waals surface area contributed by atoms with Gasteiger partial charge in [-0.05, 0) is 81.3 Å². The molecule has 6 rings (SSSR count). The number of aromatic nitrogens is 3. The lowest BCUT2D eigenvalue weighted by atomic mass is 9.84. The van der Waals surface area contributed by atoms with E-state index in [9.17, 15) is 0 Å². The average molecular weight is 587 g/mol. The molecule has 0 radical (unpaired) electrons. The largest absolute Gasteiger partial charge is 0.398 e. The van der Waals surface area contributed by atoms with Gasteiger partial charge in [0.25, 0.3) is 0 Å². The minimum absolute atomic E-state index is 0.0156. The normalized spacial score (nSPS) is 16.2. The number of aromatic amines is 1. The molecule has 8 nitrogen and oxygen atoms in total. The summed E-state index contributed by atoms with van der Waals surface area (Å²) >= 11 is 0. The van der Waals surface area contributed by atoms with Gasteiger partial charge in [-0.1, -0.05) is 36.8 Å². The number of likely N-dealkylation sites (N-methyl/N-ethyl adjacent to an activating group) is 1. The van der Waals surface area contributed by atoms with E-state index in [0.29, 0.717) is 12.2 Å². The lowest BCUT2D eigenvalue weighted by molar-refractivity contribution is 0.168. The van der Waals surface area contributed by atoms with Gasteiger partial charge in [-0.3, -0.25) is 10.3 Å². The van der Waals surface area contributed by atoms with Crippen molar-refractivity contribution in [2.75, 3.05) is 45.5 Å². The molecule has 3 heterocycles. The molecule has 1 aliphatic heterocycles. The predicted molar refractivity (Wildman–Crippen MR) is 181 cm³/mol. The van der Waals surface area contributed by atoms with Crippen molar-refractivity contribution >= 4 is 28.0 Å². The lowest BCUT2D eigenvalue weighted by Gasteiger charge is -2.30. The quantitative estimate of drug-likeness (QED) is 0.132. The zero-order chi connectivity index (χ0) is 30.8. The molecule has 44 heavy (non-hydrogen) atoms. The second kappa shape index (κ2) is 12.7. The summed E-state index contributed by atoms with van der Waals surface area (Å²) in [6.07, 6.45) is 5.98. The van der Waals surface area contributed by atoms with Crippen LogP contribution < -0.4 is 11.1 Å². The predicted octanol–water partition coefficient (Wildman–Crippen LogP) is 5.33. The molecular formula is C36H42N8. The van der Waals surface area contributed by atoms with Gasteiger partial charge in [-0.25, -0.2) is 9.97 Å². The SMILES string of the molecule is C=C(NC(C)c1ncc(C)[nH]1)c1ccc(-c2nc3ccc(N)c(C(=N)C#CCN4CCN(C)CC4)c3c3c2CCCC3)cc1. The number of nitrogens with two attached hydrogens (primary N) is 1. The lowest BCUT2D eigenvalue weighted by Crippen LogP contribution is -2.44. The van der Waals surface area contributed by atoms with E-state index in [1.807, 2.05) is 25.3 Å². The van der Waals surface area contributed by atoms with Crippen molar-refractivity contribution in [1.82, 2.24) is 30.1 Å². The van der Waals surface area contributed by atoms with Gasteiger partial charge in [0.2, 0.25) is 0 Å². The highest BCUT2D eigenvalue weighted by Crippen LogP contribution is 2.38. The fraction of sp³-hybridized carbons (Fsp3) is 0.361. The van der Waals surface area contributed by atoms with Gasteiger partial charge in [0.05, 0.1) is 23.8 Å². The van der Waals surface area contributed by atoms with Crippen LogP contribution in [0.1, 0.15) is 59.6 Å². The van der Waals surface area contributed by atoms with Gasteiger partial charge in [-0.2, -0.15) is 0 Å². The zero-order valence-electron chi connectivity index (χ0n) is 26.1. The first kappa shape index (κ1) is 29.6. The van der Waals surface area contributed by atoms with E-state index in [-0.39, 0.29) is 11.8 Å². The topological polar surface area (TPSA) is 110 Å². The molecular weight excluding hydrogens is 544 g/mol. The standard InChI is InChI=1S/C36H42N8/c1-23-22-39-36(40-23)25(3)41-24(2)26-11-13-27(14-12-26)35-29-9-6-5-8-28(29)33-32(42-35)16-15-31(38)34(33)30(37)10-7-17-44-20-18-43(4)19-21-44/h11-16,22,25,37,41H,2,5-6,8-9,17-21,38H2,1,3-4H3,(H,39,40). The molecule has 1 saturated heterocycles. The van der Waals surface area contributed by atoms with Crippen molar-refractivity contribution in [3.8, 4) is 23.1 Å². The van der Waals surface area contributed by atoms with Gasteiger partial charge < -0.3 is 20.9 Å². The fourth-order valence-corrected chi connectivity index (χ4v) is 6.35. The monoisotopic (exact) mass is 586 g/mol. The molecule has 1 fully saturated rings. The van der Waals surface area contributed by atoms with E-state index in [4.69, 9.17) is 16.1 Å². The van der Waals surface area contributed by atoms with Crippen molar-refractivity contribution in [3.63, 3.8) is 0 Å². The molecule has 1 aliphatic carbocycles. The molecule has 0 bridgehead atoms. The minimum Gasteiger partial charge on any atom is -0.398 e.